The van der Waals surface area contributed by atoms with Gasteiger partial charge in [0.15, 0.2) is 5.65 Å². The third-order valence-electron chi connectivity index (χ3n) is 6.43. The molecule has 1 aliphatic rings. The van der Waals surface area contributed by atoms with Gasteiger partial charge in [0.1, 0.15) is 6.33 Å². The summed E-state index contributed by atoms with van der Waals surface area (Å²) in [5, 5.41) is 7.93. The molecule has 4 aromatic heterocycles. The molecule has 0 spiro atoms. The highest BCUT2D eigenvalue weighted by molar-refractivity contribution is 7.19. The molecule has 5 nitrogen and oxygen atoms in total. The first-order chi connectivity index (χ1) is 13.8. The van der Waals surface area contributed by atoms with Gasteiger partial charge in [-0.15, -0.1) is 11.3 Å². The van der Waals surface area contributed by atoms with Crippen LogP contribution in [-0.2, 0) is 0 Å². The summed E-state index contributed by atoms with van der Waals surface area (Å²) in [4.78, 5) is 9.65. The van der Waals surface area contributed by atoms with Crippen molar-refractivity contribution >= 4 is 27.2 Å². The van der Waals surface area contributed by atoms with Gasteiger partial charge < -0.3 is 10.3 Å². The lowest BCUT2D eigenvalue weighted by atomic mass is 9.74. The van der Waals surface area contributed by atoms with Crippen molar-refractivity contribution in [3.05, 3.63) is 40.7 Å². The summed E-state index contributed by atoms with van der Waals surface area (Å²) in [5.74, 6) is 1.06. The maximum Gasteiger partial charge on any atom is 0.158 e. The smallest absolute Gasteiger partial charge is 0.158 e. The Hall–Kier alpha value is -2.18. The van der Waals surface area contributed by atoms with Gasteiger partial charge in [-0.25, -0.2) is 9.50 Å². The quantitative estimate of drug-likeness (QED) is 0.473. The summed E-state index contributed by atoms with van der Waals surface area (Å²) >= 11 is 1.99. The molecule has 0 radical (unpaired) electrons. The number of thiophene rings is 1. The predicted octanol–water partition coefficient (Wildman–Crippen LogP) is 5.47. The van der Waals surface area contributed by atoms with Crippen LogP contribution < -0.4 is 5.32 Å². The predicted molar refractivity (Wildman–Crippen MR) is 121 cm³/mol. The van der Waals surface area contributed by atoms with E-state index in [4.69, 9.17) is 0 Å². The molecule has 152 valence electrons. The zero-order valence-corrected chi connectivity index (χ0v) is 18.7. The van der Waals surface area contributed by atoms with Crippen molar-refractivity contribution < 1.29 is 0 Å². The summed E-state index contributed by atoms with van der Waals surface area (Å²) in [5.41, 5.74) is 7.44. The summed E-state index contributed by atoms with van der Waals surface area (Å²) in [6.45, 7) is 13.7. The lowest BCUT2D eigenvalue weighted by molar-refractivity contribution is 0.222. The monoisotopic (exact) mass is 407 g/mol. The molecule has 0 saturated carbocycles. The SMILES string of the molecule is Cc1cc(-c2[nH]c3cc(C4CCNCC4(C)C)sc3c2C(C)C)cn2ncnc12. The number of aromatic amines is 1. The van der Waals surface area contributed by atoms with E-state index in [-0.39, 0.29) is 5.41 Å². The van der Waals surface area contributed by atoms with Crippen LogP contribution in [-0.4, -0.2) is 32.7 Å². The minimum absolute atomic E-state index is 0.288. The molecule has 4 aromatic rings. The second-order valence-electron chi connectivity index (χ2n) is 9.41. The maximum absolute atomic E-state index is 4.36. The molecule has 1 fully saturated rings. The van der Waals surface area contributed by atoms with E-state index >= 15 is 0 Å². The standard InChI is InChI=1S/C23H29N5S/c1-13(2)19-20(15-8-14(3)22-25-12-26-28(22)10-15)27-17-9-18(29-21(17)19)16-6-7-24-11-23(16,4)5/h8-10,12-13,16,24,27H,6-7,11H2,1-5H3. The largest absolute Gasteiger partial charge is 0.354 e. The molecule has 5 heterocycles. The van der Waals surface area contributed by atoms with Crippen molar-refractivity contribution in [2.75, 3.05) is 13.1 Å². The van der Waals surface area contributed by atoms with Gasteiger partial charge in [0.2, 0.25) is 0 Å². The summed E-state index contributed by atoms with van der Waals surface area (Å²) in [6, 6.07) is 4.63. The number of H-pyrrole nitrogens is 1. The summed E-state index contributed by atoms with van der Waals surface area (Å²) in [7, 11) is 0. The molecule has 1 unspecified atom stereocenters. The van der Waals surface area contributed by atoms with Crippen LogP contribution in [0.2, 0.25) is 0 Å². The maximum atomic E-state index is 4.36. The number of nitrogens with one attached hydrogen (secondary N) is 2. The molecular formula is C23H29N5S. The van der Waals surface area contributed by atoms with Gasteiger partial charge in [0.25, 0.3) is 0 Å². The molecule has 6 heteroatoms. The molecule has 0 amide bonds. The third kappa shape index (κ3) is 3.01. The van der Waals surface area contributed by atoms with Gasteiger partial charge in [-0.3, -0.25) is 0 Å². The molecule has 2 N–H and O–H groups in total. The number of fused-ring (bicyclic) bond motifs is 2. The fourth-order valence-corrected chi connectivity index (χ4v) is 6.56. The topological polar surface area (TPSA) is 58.0 Å². The first-order valence-corrected chi connectivity index (χ1v) is 11.3. The second kappa shape index (κ2) is 6.67. The van der Waals surface area contributed by atoms with Gasteiger partial charge in [-0.05, 0) is 54.5 Å². The molecule has 29 heavy (non-hydrogen) atoms. The molecule has 1 atom stereocenters. The number of piperidine rings is 1. The Labute approximate surface area is 175 Å². The van der Waals surface area contributed by atoms with Gasteiger partial charge in [-0.1, -0.05) is 27.7 Å². The number of rotatable bonds is 3. The number of hydrogen-bond acceptors (Lipinski definition) is 4. The minimum Gasteiger partial charge on any atom is -0.354 e. The molecule has 0 aliphatic carbocycles. The second-order valence-corrected chi connectivity index (χ2v) is 10.5. The van der Waals surface area contributed by atoms with Crippen LogP contribution in [0.25, 0.3) is 27.1 Å². The molecule has 1 aliphatic heterocycles. The fourth-order valence-electron chi connectivity index (χ4n) is 4.90. The third-order valence-corrected chi connectivity index (χ3v) is 7.71. The first kappa shape index (κ1) is 18.8. The van der Waals surface area contributed by atoms with Crippen molar-refractivity contribution in [3.63, 3.8) is 0 Å². The average Bonchev–Trinajstić information content (AvgIpc) is 3.34. The van der Waals surface area contributed by atoms with Gasteiger partial charge in [-0.2, -0.15) is 5.10 Å². The number of aryl methyl sites for hydroxylation is 1. The Bertz CT molecular complexity index is 1190. The molecule has 0 aromatic carbocycles. The summed E-state index contributed by atoms with van der Waals surface area (Å²) in [6.07, 6.45) is 4.92. The van der Waals surface area contributed by atoms with Gasteiger partial charge >= 0.3 is 0 Å². The number of hydrogen-bond donors (Lipinski definition) is 2. The van der Waals surface area contributed by atoms with Crippen molar-refractivity contribution in [2.24, 2.45) is 5.41 Å². The zero-order valence-electron chi connectivity index (χ0n) is 17.8. The normalized spacial score (nSPS) is 19.6. The van der Waals surface area contributed by atoms with Crippen molar-refractivity contribution in [1.82, 2.24) is 24.9 Å². The van der Waals surface area contributed by atoms with Crippen molar-refractivity contribution in [2.45, 2.75) is 52.9 Å². The van der Waals surface area contributed by atoms with Crippen molar-refractivity contribution in [3.8, 4) is 11.3 Å². The Morgan fingerprint density at radius 1 is 1.28 bits per heavy atom. The van der Waals surface area contributed by atoms with E-state index in [2.05, 4.69) is 73.3 Å². The van der Waals surface area contributed by atoms with Crippen LogP contribution in [0.3, 0.4) is 0 Å². The van der Waals surface area contributed by atoms with E-state index in [1.807, 2.05) is 15.9 Å². The highest BCUT2D eigenvalue weighted by atomic mass is 32.1. The Morgan fingerprint density at radius 2 is 2.10 bits per heavy atom. The van der Waals surface area contributed by atoms with Gasteiger partial charge in [0, 0.05) is 29.1 Å². The Balaban J connectivity index is 1.65. The summed E-state index contributed by atoms with van der Waals surface area (Å²) < 4.78 is 3.29. The van der Waals surface area contributed by atoms with Crippen LogP contribution in [0.15, 0.2) is 24.7 Å². The lowest BCUT2D eigenvalue weighted by Crippen LogP contribution is -2.41. The first-order valence-electron chi connectivity index (χ1n) is 10.5. The van der Waals surface area contributed by atoms with Crippen LogP contribution in [0.1, 0.15) is 62.0 Å². The Kier molecular flexibility index (Phi) is 4.33. The molecule has 1 saturated heterocycles. The number of aromatic nitrogens is 4. The van der Waals surface area contributed by atoms with E-state index in [9.17, 15) is 0 Å². The average molecular weight is 408 g/mol. The van der Waals surface area contributed by atoms with E-state index in [1.54, 1.807) is 6.33 Å². The molecular weight excluding hydrogens is 378 g/mol. The number of pyridine rings is 1. The fraction of sp³-hybridized carbons (Fsp3) is 0.478. The van der Waals surface area contributed by atoms with E-state index in [0.717, 1.165) is 24.3 Å². The molecule has 0 bridgehead atoms. The number of nitrogens with zero attached hydrogens (tertiary/aromatic N) is 3. The van der Waals surface area contributed by atoms with Crippen LogP contribution >= 0.6 is 11.3 Å². The van der Waals surface area contributed by atoms with Crippen LogP contribution in [0.5, 0.6) is 0 Å². The van der Waals surface area contributed by atoms with Crippen LogP contribution in [0.4, 0.5) is 0 Å². The molecule has 5 rings (SSSR count). The van der Waals surface area contributed by atoms with E-state index in [0.29, 0.717) is 11.8 Å². The highest BCUT2D eigenvalue weighted by Gasteiger charge is 2.35. The minimum atomic E-state index is 0.288. The Morgan fingerprint density at radius 3 is 2.86 bits per heavy atom. The van der Waals surface area contributed by atoms with Crippen LogP contribution in [0, 0.1) is 12.3 Å². The zero-order chi connectivity index (χ0) is 20.3. The lowest BCUT2D eigenvalue weighted by Gasteiger charge is -2.38. The van der Waals surface area contributed by atoms with E-state index in [1.165, 1.54) is 38.3 Å². The van der Waals surface area contributed by atoms with E-state index < -0.39 is 0 Å². The van der Waals surface area contributed by atoms with Crippen molar-refractivity contribution in [1.29, 1.82) is 0 Å². The van der Waals surface area contributed by atoms with Gasteiger partial charge in [0.05, 0.1) is 15.9 Å². The highest BCUT2D eigenvalue weighted by Crippen LogP contribution is 2.47.